The molecule has 0 bridgehead atoms. The minimum Gasteiger partial charge on any atom is -0.478 e. The van der Waals surface area contributed by atoms with Crippen LogP contribution in [0.4, 0.5) is 5.82 Å². The Labute approximate surface area is 132 Å². The van der Waals surface area contributed by atoms with E-state index in [0.717, 1.165) is 9.86 Å². The molecule has 3 rings (SSSR count). The third-order valence-electron chi connectivity index (χ3n) is 2.94. The molecule has 0 aliphatic rings. The Hall–Kier alpha value is -1.99. The minimum atomic E-state index is -0.964. The van der Waals surface area contributed by atoms with Crippen molar-refractivity contribution in [2.75, 3.05) is 5.32 Å². The molecule has 7 heteroatoms. The fourth-order valence-electron chi connectivity index (χ4n) is 1.95. The Bertz CT molecular complexity index is 819. The number of nitrogens with one attached hydrogen (secondary N) is 1. The van der Waals surface area contributed by atoms with Crippen LogP contribution in [0.25, 0.3) is 10.9 Å². The lowest BCUT2D eigenvalue weighted by Crippen LogP contribution is -2.02. The van der Waals surface area contributed by atoms with Crippen LogP contribution < -0.4 is 5.32 Å². The van der Waals surface area contributed by atoms with Gasteiger partial charge >= 0.3 is 5.97 Å². The van der Waals surface area contributed by atoms with Crippen molar-refractivity contribution in [3.05, 3.63) is 50.9 Å². The van der Waals surface area contributed by atoms with Gasteiger partial charge in [0, 0.05) is 20.1 Å². The summed E-state index contributed by atoms with van der Waals surface area (Å²) in [7, 11) is 0. The van der Waals surface area contributed by atoms with E-state index in [1.54, 1.807) is 29.5 Å². The molecule has 2 aromatic heterocycles. The number of carboxylic acids is 1. The van der Waals surface area contributed by atoms with Gasteiger partial charge in [0.2, 0.25) is 0 Å². The number of halogens is 1. The number of hydrogen-bond donors (Lipinski definition) is 2. The highest BCUT2D eigenvalue weighted by molar-refractivity contribution is 9.10. The molecule has 0 radical (unpaired) electrons. The molecule has 2 N–H and O–H groups in total. The summed E-state index contributed by atoms with van der Waals surface area (Å²) in [6.07, 6.45) is 1.43. The predicted octanol–water partition coefficient (Wildman–Crippen LogP) is 3.76. The van der Waals surface area contributed by atoms with Crippen LogP contribution in [0.2, 0.25) is 0 Å². The van der Waals surface area contributed by atoms with E-state index in [4.69, 9.17) is 5.11 Å². The van der Waals surface area contributed by atoms with E-state index in [1.165, 1.54) is 11.2 Å². The molecular weight excluding hydrogens is 354 g/mol. The van der Waals surface area contributed by atoms with Crippen LogP contribution in [0.3, 0.4) is 0 Å². The molecule has 0 unspecified atom stereocenters. The number of aromatic carboxylic acids is 1. The molecular formula is C14H10BrN3O2S. The first-order chi connectivity index (χ1) is 10.1. The van der Waals surface area contributed by atoms with Crippen LogP contribution in [0.15, 0.2) is 40.4 Å². The number of rotatable bonds is 4. The zero-order valence-electron chi connectivity index (χ0n) is 10.7. The number of aromatic nitrogens is 2. The van der Waals surface area contributed by atoms with E-state index >= 15 is 0 Å². The van der Waals surface area contributed by atoms with E-state index in [2.05, 4.69) is 31.2 Å². The highest BCUT2D eigenvalue weighted by Gasteiger charge is 2.08. The Balaban J connectivity index is 1.90. The Morgan fingerprint density at radius 1 is 1.33 bits per heavy atom. The third kappa shape index (κ3) is 3.03. The van der Waals surface area contributed by atoms with Crippen LogP contribution in [-0.2, 0) is 6.54 Å². The van der Waals surface area contributed by atoms with Crippen molar-refractivity contribution in [3.63, 3.8) is 0 Å². The molecule has 1 aromatic carbocycles. The van der Waals surface area contributed by atoms with Crippen molar-refractivity contribution >= 4 is 50.0 Å². The normalized spacial score (nSPS) is 10.7. The highest BCUT2D eigenvalue weighted by Crippen LogP contribution is 2.23. The van der Waals surface area contributed by atoms with Gasteiger partial charge in [-0.25, -0.2) is 14.8 Å². The average molecular weight is 364 g/mol. The van der Waals surface area contributed by atoms with Crippen molar-refractivity contribution in [2.24, 2.45) is 0 Å². The second-order valence-corrected chi connectivity index (χ2v) is 6.26. The van der Waals surface area contributed by atoms with Crippen molar-refractivity contribution in [2.45, 2.75) is 6.54 Å². The SMILES string of the molecule is O=C(O)c1ccc2c(NCc3cc(Br)cs3)ncnc2c1. The molecule has 3 aromatic rings. The van der Waals surface area contributed by atoms with Crippen LogP contribution in [-0.4, -0.2) is 21.0 Å². The van der Waals surface area contributed by atoms with E-state index in [0.29, 0.717) is 17.9 Å². The number of anilines is 1. The second kappa shape index (κ2) is 5.79. The summed E-state index contributed by atoms with van der Waals surface area (Å²) in [4.78, 5) is 20.5. The molecule has 106 valence electrons. The van der Waals surface area contributed by atoms with E-state index in [-0.39, 0.29) is 5.56 Å². The summed E-state index contributed by atoms with van der Waals surface area (Å²) >= 11 is 5.07. The summed E-state index contributed by atoms with van der Waals surface area (Å²) in [5.74, 6) is -0.269. The summed E-state index contributed by atoms with van der Waals surface area (Å²) in [6, 6.07) is 6.88. The van der Waals surface area contributed by atoms with Crippen molar-refractivity contribution < 1.29 is 9.90 Å². The van der Waals surface area contributed by atoms with E-state index in [9.17, 15) is 4.79 Å². The van der Waals surface area contributed by atoms with Crippen molar-refractivity contribution in [1.82, 2.24) is 9.97 Å². The second-order valence-electron chi connectivity index (χ2n) is 4.34. The summed E-state index contributed by atoms with van der Waals surface area (Å²) in [5, 5.41) is 15.1. The Morgan fingerprint density at radius 3 is 2.90 bits per heavy atom. The Kier molecular flexibility index (Phi) is 3.85. The van der Waals surface area contributed by atoms with Gasteiger partial charge in [-0.05, 0) is 40.2 Å². The summed E-state index contributed by atoms with van der Waals surface area (Å²) in [5.41, 5.74) is 0.828. The number of nitrogens with zero attached hydrogens (tertiary/aromatic N) is 2. The monoisotopic (exact) mass is 363 g/mol. The predicted molar refractivity (Wildman–Crippen MR) is 85.8 cm³/mol. The standard InChI is InChI=1S/C14H10BrN3O2S/c15-9-4-10(21-6-9)5-16-13-11-2-1-8(14(19)20)3-12(11)17-7-18-13/h1-4,6-7H,5H2,(H,19,20)(H,16,17,18). The van der Waals surface area contributed by atoms with Gasteiger partial charge in [-0.15, -0.1) is 11.3 Å². The fourth-order valence-corrected chi connectivity index (χ4v) is 3.34. The van der Waals surface area contributed by atoms with Gasteiger partial charge in [0.1, 0.15) is 12.1 Å². The molecule has 5 nitrogen and oxygen atoms in total. The first-order valence-electron chi connectivity index (χ1n) is 6.08. The van der Waals surface area contributed by atoms with E-state index in [1.807, 2.05) is 11.4 Å². The number of hydrogen-bond acceptors (Lipinski definition) is 5. The molecule has 0 amide bonds. The molecule has 0 aliphatic carbocycles. The smallest absolute Gasteiger partial charge is 0.335 e. The average Bonchev–Trinajstić information content (AvgIpc) is 2.90. The van der Waals surface area contributed by atoms with Gasteiger partial charge in [-0.1, -0.05) is 0 Å². The van der Waals surface area contributed by atoms with E-state index < -0.39 is 5.97 Å². The zero-order chi connectivity index (χ0) is 14.8. The largest absolute Gasteiger partial charge is 0.478 e. The fraction of sp³-hybridized carbons (Fsp3) is 0.0714. The maximum atomic E-state index is 11.0. The first-order valence-corrected chi connectivity index (χ1v) is 7.75. The summed E-state index contributed by atoms with van der Waals surface area (Å²) in [6.45, 7) is 0.656. The molecule has 0 fully saturated rings. The third-order valence-corrected chi connectivity index (χ3v) is 4.63. The number of fused-ring (bicyclic) bond motifs is 1. The molecule has 0 spiro atoms. The highest BCUT2D eigenvalue weighted by atomic mass is 79.9. The lowest BCUT2D eigenvalue weighted by Gasteiger charge is -2.07. The van der Waals surface area contributed by atoms with Crippen LogP contribution >= 0.6 is 27.3 Å². The molecule has 0 atom stereocenters. The molecule has 0 saturated heterocycles. The van der Waals surface area contributed by atoms with Gasteiger partial charge in [0.05, 0.1) is 17.6 Å². The quantitative estimate of drug-likeness (QED) is 0.737. The van der Waals surface area contributed by atoms with Gasteiger partial charge in [0.25, 0.3) is 0 Å². The molecule has 0 saturated carbocycles. The van der Waals surface area contributed by atoms with Crippen LogP contribution in [0.5, 0.6) is 0 Å². The van der Waals surface area contributed by atoms with Gasteiger partial charge in [-0.3, -0.25) is 0 Å². The van der Waals surface area contributed by atoms with Gasteiger partial charge < -0.3 is 10.4 Å². The van der Waals surface area contributed by atoms with Crippen LogP contribution in [0, 0.1) is 0 Å². The topological polar surface area (TPSA) is 75.1 Å². The minimum absolute atomic E-state index is 0.217. The summed E-state index contributed by atoms with van der Waals surface area (Å²) < 4.78 is 1.06. The lowest BCUT2D eigenvalue weighted by atomic mass is 10.1. The van der Waals surface area contributed by atoms with Crippen molar-refractivity contribution in [3.8, 4) is 0 Å². The molecule has 0 aliphatic heterocycles. The Morgan fingerprint density at radius 2 is 2.19 bits per heavy atom. The van der Waals surface area contributed by atoms with Gasteiger partial charge in [0.15, 0.2) is 0 Å². The number of benzene rings is 1. The number of carboxylic acid groups (broad SMARTS) is 1. The first kappa shape index (κ1) is 14.0. The zero-order valence-corrected chi connectivity index (χ0v) is 13.1. The number of carbonyl (C=O) groups is 1. The van der Waals surface area contributed by atoms with Gasteiger partial charge in [-0.2, -0.15) is 0 Å². The number of thiophene rings is 1. The lowest BCUT2D eigenvalue weighted by molar-refractivity contribution is 0.0697. The van der Waals surface area contributed by atoms with Crippen molar-refractivity contribution in [1.29, 1.82) is 0 Å². The molecule has 2 heterocycles. The van der Waals surface area contributed by atoms with Crippen LogP contribution in [0.1, 0.15) is 15.2 Å². The maximum absolute atomic E-state index is 11.0. The molecule has 21 heavy (non-hydrogen) atoms. The maximum Gasteiger partial charge on any atom is 0.335 e.